The SMILES string of the molecule is CC(Br)C(=O)NC(C)c1cc(F)ccc1F. The van der Waals surface area contributed by atoms with E-state index in [2.05, 4.69) is 21.2 Å². The molecule has 1 N–H and O–H groups in total. The zero-order valence-electron chi connectivity index (χ0n) is 8.93. The Labute approximate surface area is 101 Å². The van der Waals surface area contributed by atoms with Crippen molar-refractivity contribution in [3.05, 3.63) is 35.4 Å². The van der Waals surface area contributed by atoms with Crippen LogP contribution in [0.3, 0.4) is 0 Å². The lowest BCUT2D eigenvalue weighted by atomic mass is 10.1. The number of hydrogen-bond donors (Lipinski definition) is 1. The normalized spacial score (nSPS) is 14.3. The molecule has 1 amide bonds. The number of carbonyl (C=O) groups is 1. The summed E-state index contributed by atoms with van der Waals surface area (Å²) in [5, 5.41) is 2.57. The van der Waals surface area contributed by atoms with E-state index in [1.165, 1.54) is 0 Å². The van der Waals surface area contributed by atoms with Crippen molar-refractivity contribution in [3.8, 4) is 0 Å². The molecule has 0 spiro atoms. The summed E-state index contributed by atoms with van der Waals surface area (Å²) in [7, 11) is 0. The van der Waals surface area contributed by atoms with Gasteiger partial charge in [-0.25, -0.2) is 8.78 Å². The van der Waals surface area contributed by atoms with E-state index in [0.717, 1.165) is 18.2 Å². The lowest BCUT2D eigenvalue weighted by Crippen LogP contribution is -2.32. The summed E-state index contributed by atoms with van der Waals surface area (Å²) in [5.74, 6) is -1.32. The molecule has 88 valence electrons. The number of alkyl halides is 1. The Bertz CT molecular complexity index is 396. The van der Waals surface area contributed by atoms with Crippen LogP contribution in [-0.4, -0.2) is 10.7 Å². The lowest BCUT2D eigenvalue weighted by Gasteiger charge is -2.16. The quantitative estimate of drug-likeness (QED) is 0.853. The van der Waals surface area contributed by atoms with Crippen LogP contribution in [0.5, 0.6) is 0 Å². The highest BCUT2D eigenvalue weighted by Gasteiger charge is 2.16. The van der Waals surface area contributed by atoms with Gasteiger partial charge in [0, 0.05) is 5.56 Å². The van der Waals surface area contributed by atoms with Crippen LogP contribution < -0.4 is 5.32 Å². The maximum atomic E-state index is 13.3. The van der Waals surface area contributed by atoms with Crippen LogP contribution in [0.15, 0.2) is 18.2 Å². The van der Waals surface area contributed by atoms with Crippen molar-refractivity contribution in [2.45, 2.75) is 24.7 Å². The molecule has 1 aromatic rings. The Kier molecular flexibility index (Phi) is 4.41. The van der Waals surface area contributed by atoms with E-state index >= 15 is 0 Å². The van der Waals surface area contributed by atoms with Crippen molar-refractivity contribution in [2.24, 2.45) is 0 Å². The fourth-order valence-corrected chi connectivity index (χ4v) is 1.38. The summed E-state index contributed by atoms with van der Waals surface area (Å²) in [5.41, 5.74) is 0.140. The van der Waals surface area contributed by atoms with Crippen LogP contribution in [0, 0.1) is 11.6 Å². The summed E-state index contributed by atoms with van der Waals surface area (Å²) in [6, 6.07) is 2.60. The van der Waals surface area contributed by atoms with Crippen LogP contribution in [0.1, 0.15) is 25.5 Å². The highest BCUT2D eigenvalue weighted by molar-refractivity contribution is 9.10. The maximum absolute atomic E-state index is 13.3. The third-order valence-corrected chi connectivity index (χ3v) is 2.56. The predicted octanol–water partition coefficient (Wildman–Crippen LogP) is 2.93. The van der Waals surface area contributed by atoms with Gasteiger partial charge >= 0.3 is 0 Å². The van der Waals surface area contributed by atoms with Gasteiger partial charge in [-0.3, -0.25) is 4.79 Å². The van der Waals surface area contributed by atoms with Crippen molar-refractivity contribution in [2.75, 3.05) is 0 Å². The average molecular weight is 292 g/mol. The second kappa shape index (κ2) is 5.39. The van der Waals surface area contributed by atoms with Gasteiger partial charge in [0.25, 0.3) is 0 Å². The molecule has 16 heavy (non-hydrogen) atoms. The Hall–Kier alpha value is -0.970. The lowest BCUT2D eigenvalue weighted by molar-refractivity contribution is -0.120. The number of nitrogens with one attached hydrogen (secondary N) is 1. The first kappa shape index (κ1) is 13.1. The third-order valence-electron chi connectivity index (χ3n) is 2.14. The first-order valence-corrected chi connectivity index (χ1v) is 5.72. The van der Waals surface area contributed by atoms with E-state index in [1.54, 1.807) is 13.8 Å². The zero-order chi connectivity index (χ0) is 12.3. The first-order valence-electron chi connectivity index (χ1n) is 4.81. The molecule has 5 heteroatoms. The molecule has 0 bridgehead atoms. The van der Waals surface area contributed by atoms with Crippen LogP contribution in [-0.2, 0) is 4.79 Å². The minimum absolute atomic E-state index is 0.140. The van der Waals surface area contributed by atoms with E-state index in [4.69, 9.17) is 0 Å². The summed E-state index contributed by atoms with van der Waals surface area (Å²) in [6.07, 6.45) is 0. The van der Waals surface area contributed by atoms with Gasteiger partial charge in [-0.2, -0.15) is 0 Å². The number of hydrogen-bond acceptors (Lipinski definition) is 1. The number of carbonyl (C=O) groups excluding carboxylic acids is 1. The standard InChI is InChI=1S/C11H12BrF2NO/c1-6(12)11(16)15-7(2)9-5-8(13)3-4-10(9)14/h3-7H,1-2H3,(H,15,16). The highest BCUT2D eigenvalue weighted by Crippen LogP contribution is 2.18. The molecule has 2 atom stereocenters. The molecule has 0 aliphatic heterocycles. The Morgan fingerprint density at radius 2 is 2.00 bits per heavy atom. The van der Waals surface area contributed by atoms with Gasteiger partial charge in [-0.1, -0.05) is 15.9 Å². The summed E-state index contributed by atoms with van der Waals surface area (Å²) in [6.45, 7) is 3.26. The van der Waals surface area contributed by atoms with Crippen LogP contribution >= 0.6 is 15.9 Å². The Morgan fingerprint density at radius 1 is 1.38 bits per heavy atom. The van der Waals surface area contributed by atoms with Gasteiger partial charge in [0.1, 0.15) is 11.6 Å². The van der Waals surface area contributed by atoms with Crippen molar-refractivity contribution >= 4 is 21.8 Å². The van der Waals surface area contributed by atoms with E-state index in [9.17, 15) is 13.6 Å². The summed E-state index contributed by atoms with van der Waals surface area (Å²) >= 11 is 3.09. The van der Waals surface area contributed by atoms with Crippen molar-refractivity contribution in [1.29, 1.82) is 0 Å². The second-order valence-electron chi connectivity index (χ2n) is 3.51. The smallest absolute Gasteiger partial charge is 0.233 e. The maximum Gasteiger partial charge on any atom is 0.233 e. The van der Waals surface area contributed by atoms with Gasteiger partial charge in [0.05, 0.1) is 10.9 Å². The molecule has 2 unspecified atom stereocenters. The Morgan fingerprint density at radius 3 is 2.56 bits per heavy atom. The molecule has 0 aliphatic rings. The van der Waals surface area contributed by atoms with Gasteiger partial charge < -0.3 is 5.32 Å². The van der Waals surface area contributed by atoms with Crippen LogP contribution in [0.4, 0.5) is 8.78 Å². The van der Waals surface area contributed by atoms with E-state index in [0.29, 0.717) is 0 Å². The minimum atomic E-state index is -0.566. The molecule has 0 saturated carbocycles. The molecule has 2 nitrogen and oxygen atoms in total. The number of halogens is 3. The number of rotatable bonds is 3. The summed E-state index contributed by atoms with van der Waals surface area (Å²) < 4.78 is 26.3. The van der Waals surface area contributed by atoms with Gasteiger partial charge in [-0.05, 0) is 32.0 Å². The molecule has 0 aliphatic carbocycles. The van der Waals surface area contributed by atoms with Crippen LogP contribution in [0.2, 0.25) is 0 Å². The molecular formula is C11H12BrF2NO. The van der Waals surface area contributed by atoms with E-state index in [1.807, 2.05) is 0 Å². The highest BCUT2D eigenvalue weighted by atomic mass is 79.9. The molecule has 1 aromatic carbocycles. The largest absolute Gasteiger partial charge is 0.349 e. The fourth-order valence-electron chi connectivity index (χ4n) is 1.25. The second-order valence-corrected chi connectivity index (χ2v) is 4.89. The fraction of sp³-hybridized carbons (Fsp3) is 0.364. The van der Waals surface area contributed by atoms with Gasteiger partial charge in [-0.15, -0.1) is 0 Å². The zero-order valence-corrected chi connectivity index (χ0v) is 10.5. The van der Waals surface area contributed by atoms with Crippen molar-refractivity contribution in [3.63, 3.8) is 0 Å². The molecule has 0 fully saturated rings. The van der Waals surface area contributed by atoms with E-state index < -0.39 is 17.7 Å². The average Bonchev–Trinajstić information content (AvgIpc) is 2.21. The molecule has 0 saturated heterocycles. The molecule has 0 aromatic heterocycles. The number of amides is 1. The molecule has 1 rings (SSSR count). The third kappa shape index (κ3) is 3.27. The van der Waals surface area contributed by atoms with Gasteiger partial charge in [0.2, 0.25) is 5.91 Å². The molecule has 0 radical (unpaired) electrons. The predicted molar refractivity (Wildman–Crippen MR) is 61.3 cm³/mol. The van der Waals surface area contributed by atoms with Crippen molar-refractivity contribution < 1.29 is 13.6 Å². The minimum Gasteiger partial charge on any atom is -0.349 e. The summed E-state index contributed by atoms with van der Waals surface area (Å²) in [4.78, 5) is 11.0. The number of benzene rings is 1. The first-order chi connectivity index (χ1) is 7.41. The van der Waals surface area contributed by atoms with Crippen LogP contribution in [0.25, 0.3) is 0 Å². The van der Waals surface area contributed by atoms with E-state index in [-0.39, 0.29) is 16.3 Å². The van der Waals surface area contributed by atoms with Crippen molar-refractivity contribution in [1.82, 2.24) is 5.32 Å². The molecular weight excluding hydrogens is 280 g/mol. The molecule has 0 heterocycles. The van der Waals surface area contributed by atoms with Gasteiger partial charge in [0.15, 0.2) is 0 Å². The topological polar surface area (TPSA) is 29.1 Å². The Balaban J connectivity index is 2.84. The monoisotopic (exact) mass is 291 g/mol.